The minimum absolute atomic E-state index is 0.123. The number of phenols is 1. The van der Waals surface area contributed by atoms with Gasteiger partial charge in [-0.2, -0.15) is 5.26 Å². The molecule has 0 atom stereocenters. The number of aryl methyl sites for hydroxylation is 1. The highest BCUT2D eigenvalue weighted by atomic mass is 19.1. The van der Waals surface area contributed by atoms with E-state index in [4.69, 9.17) is 10.4 Å². The molecule has 0 unspecified atom stereocenters. The van der Waals surface area contributed by atoms with Gasteiger partial charge in [-0.15, -0.1) is 0 Å². The van der Waals surface area contributed by atoms with E-state index in [0.717, 1.165) is 0 Å². The first-order chi connectivity index (χ1) is 5.15. The van der Waals surface area contributed by atoms with Gasteiger partial charge in [-0.25, -0.2) is 4.39 Å². The molecule has 1 N–H and O–H groups in total. The lowest BCUT2D eigenvalue weighted by Gasteiger charge is -1.98. The van der Waals surface area contributed by atoms with Crippen molar-refractivity contribution in [2.24, 2.45) is 0 Å². The molecule has 0 aliphatic rings. The molecule has 11 heavy (non-hydrogen) atoms. The van der Waals surface area contributed by atoms with Crippen LogP contribution in [0.25, 0.3) is 0 Å². The number of nitriles is 1. The molecule has 0 saturated carbocycles. The Morgan fingerprint density at radius 1 is 1.55 bits per heavy atom. The van der Waals surface area contributed by atoms with Crippen LogP contribution in [-0.4, -0.2) is 5.11 Å². The van der Waals surface area contributed by atoms with E-state index in [2.05, 4.69) is 0 Å². The normalized spacial score (nSPS) is 9.18. The SMILES string of the molecule is Cc1cc(O)c(F)c(C#N)c1. The maximum Gasteiger partial charge on any atom is 0.182 e. The molecule has 0 heterocycles. The third-order valence-corrected chi connectivity index (χ3v) is 1.32. The monoisotopic (exact) mass is 151 g/mol. The van der Waals surface area contributed by atoms with Gasteiger partial charge in [0.2, 0.25) is 0 Å². The molecule has 1 aromatic carbocycles. The van der Waals surface area contributed by atoms with Gasteiger partial charge in [0.15, 0.2) is 11.6 Å². The predicted octanol–water partition coefficient (Wildman–Crippen LogP) is 1.71. The molecule has 0 amide bonds. The molecular formula is C8H6FNO. The Bertz CT molecular complexity index is 328. The van der Waals surface area contributed by atoms with Crippen molar-refractivity contribution < 1.29 is 9.50 Å². The smallest absolute Gasteiger partial charge is 0.182 e. The molecule has 0 spiro atoms. The van der Waals surface area contributed by atoms with E-state index >= 15 is 0 Å². The van der Waals surface area contributed by atoms with Gasteiger partial charge in [0.1, 0.15) is 6.07 Å². The summed E-state index contributed by atoms with van der Waals surface area (Å²) in [6, 6.07) is 4.30. The van der Waals surface area contributed by atoms with Crippen LogP contribution in [-0.2, 0) is 0 Å². The second-order valence-corrected chi connectivity index (χ2v) is 2.26. The van der Waals surface area contributed by atoms with Gasteiger partial charge in [-0.05, 0) is 24.6 Å². The van der Waals surface area contributed by atoms with Crippen LogP contribution in [0.1, 0.15) is 11.1 Å². The van der Waals surface area contributed by atoms with E-state index in [1.807, 2.05) is 0 Å². The van der Waals surface area contributed by atoms with Crippen LogP contribution in [0.4, 0.5) is 4.39 Å². The highest BCUT2D eigenvalue weighted by Gasteiger charge is 2.06. The van der Waals surface area contributed by atoms with Crippen LogP contribution < -0.4 is 0 Å². The van der Waals surface area contributed by atoms with Crippen LogP contribution >= 0.6 is 0 Å². The zero-order valence-corrected chi connectivity index (χ0v) is 5.93. The average molecular weight is 151 g/mol. The number of hydrogen-bond donors (Lipinski definition) is 1. The van der Waals surface area contributed by atoms with E-state index in [9.17, 15) is 4.39 Å². The van der Waals surface area contributed by atoms with Crippen LogP contribution in [0, 0.1) is 24.1 Å². The van der Waals surface area contributed by atoms with Gasteiger partial charge in [0.25, 0.3) is 0 Å². The average Bonchev–Trinajstić information content (AvgIpc) is 1.96. The van der Waals surface area contributed by atoms with E-state index < -0.39 is 11.6 Å². The van der Waals surface area contributed by atoms with E-state index in [1.165, 1.54) is 12.1 Å². The molecule has 56 valence electrons. The molecule has 0 aliphatic heterocycles. The minimum atomic E-state index is -0.849. The van der Waals surface area contributed by atoms with Crippen LogP contribution in [0.5, 0.6) is 5.75 Å². The highest BCUT2D eigenvalue weighted by Crippen LogP contribution is 2.20. The third kappa shape index (κ3) is 1.30. The Hall–Kier alpha value is -1.56. The van der Waals surface area contributed by atoms with E-state index in [-0.39, 0.29) is 5.56 Å². The number of rotatable bonds is 0. The topological polar surface area (TPSA) is 44.0 Å². The molecule has 0 saturated heterocycles. The van der Waals surface area contributed by atoms with Crippen molar-refractivity contribution in [1.82, 2.24) is 0 Å². The minimum Gasteiger partial charge on any atom is -0.505 e. The summed E-state index contributed by atoms with van der Waals surface area (Å²) >= 11 is 0. The van der Waals surface area contributed by atoms with Gasteiger partial charge in [-0.3, -0.25) is 0 Å². The van der Waals surface area contributed by atoms with Gasteiger partial charge in [-0.1, -0.05) is 0 Å². The van der Waals surface area contributed by atoms with Crippen molar-refractivity contribution in [3.05, 3.63) is 29.1 Å². The summed E-state index contributed by atoms with van der Waals surface area (Å²) in [6.45, 7) is 1.68. The molecule has 0 aromatic heterocycles. The molecule has 0 bridgehead atoms. The quantitative estimate of drug-likeness (QED) is 0.613. The van der Waals surface area contributed by atoms with Crippen LogP contribution in [0.15, 0.2) is 12.1 Å². The van der Waals surface area contributed by atoms with Gasteiger partial charge in [0, 0.05) is 0 Å². The summed E-state index contributed by atoms with van der Waals surface area (Å²) in [4.78, 5) is 0. The number of aromatic hydroxyl groups is 1. The van der Waals surface area contributed by atoms with Crippen molar-refractivity contribution in [3.63, 3.8) is 0 Å². The lowest BCUT2D eigenvalue weighted by atomic mass is 10.1. The van der Waals surface area contributed by atoms with Crippen molar-refractivity contribution in [2.45, 2.75) is 6.92 Å². The molecule has 0 fully saturated rings. The number of nitrogens with zero attached hydrogens (tertiary/aromatic N) is 1. The first-order valence-corrected chi connectivity index (χ1v) is 3.04. The zero-order chi connectivity index (χ0) is 8.43. The summed E-state index contributed by atoms with van der Waals surface area (Å²) in [7, 11) is 0. The summed E-state index contributed by atoms with van der Waals surface area (Å²) < 4.78 is 12.7. The van der Waals surface area contributed by atoms with Crippen molar-refractivity contribution in [3.8, 4) is 11.8 Å². The fraction of sp³-hybridized carbons (Fsp3) is 0.125. The third-order valence-electron chi connectivity index (χ3n) is 1.32. The standard InChI is InChI=1S/C8H6FNO/c1-5-2-6(4-10)8(9)7(11)3-5/h2-3,11H,1H3. The van der Waals surface area contributed by atoms with Crippen LogP contribution in [0.3, 0.4) is 0 Å². The van der Waals surface area contributed by atoms with E-state index in [1.54, 1.807) is 13.0 Å². The summed E-state index contributed by atoms with van der Waals surface area (Å²) in [5.41, 5.74) is 0.544. The Balaban J connectivity index is 3.39. The molecular weight excluding hydrogens is 145 g/mol. The first kappa shape index (κ1) is 7.55. The Labute approximate surface area is 63.5 Å². The fourth-order valence-corrected chi connectivity index (χ4v) is 0.831. The maximum atomic E-state index is 12.7. The maximum absolute atomic E-state index is 12.7. The van der Waals surface area contributed by atoms with Gasteiger partial charge < -0.3 is 5.11 Å². The number of phenolic OH excluding ortho intramolecular Hbond substituents is 1. The molecule has 1 aromatic rings. The Kier molecular flexibility index (Phi) is 1.77. The molecule has 1 rings (SSSR count). The van der Waals surface area contributed by atoms with Crippen molar-refractivity contribution in [2.75, 3.05) is 0 Å². The molecule has 2 nitrogen and oxygen atoms in total. The van der Waals surface area contributed by atoms with E-state index in [0.29, 0.717) is 5.56 Å². The first-order valence-electron chi connectivity index (χ1n) is 3.04. The largest absolute Gasteiger partial charge is 0.505 e. The predicted molar refractivity (Wildman–Crippen MR) is 37.5 cm³/mol. The zero-order valence-electron chi connectivity index (χ0n) is 5.93. The second-order valence-electron chi connectivity index (χ2n) is 2.26. The fourth-order valence-electron chi connectivity index (χ4n) is 0.831. The number of halogens is 1. The molecule has 0 radical (unpaired) electrons. The van der Waals surface area contributed by atoms with Gasteiger partial charge >= 0.3 is 0 Å². The van der Waals surface area contributed by atoms with Crippen molar-refractivity contribution in [1.29, 1.82) is 5.26 Å². The van der Waals surface area contributed by atoms with Gasteiger partial charge in [0.05, 0.1) is 5.56 Å². The summed E-state index contributed by atoms with van der Waals surface area (Å²) in [6.07, 6.45) is 0. The summed E-state index contributed by atoms with van der Waals surface area (Å²) in [5, 5.41) is 17.3. The Morgan fingerprint density at radius 2 is 2.18 bits per heavy atom. The second kappa shape index (κ2) is 2.59. The molecule has 0 aliphatic carbocycles. The van der Waals surface area contributed by atoms with Crippen LogP contribution in [0.2, 0.25) is 0 Å². The highest BCUT2D eigenvalue weighted by molar-refractivity contribution is 5.41. The lowest BCUT2D eigenvalue weighted by Crippen LogP contribution is -1.85. The molecule has 3 heteroatoms. The number of benzene rings is 1. The Morgan fingerprint density at radius 3 is 2.73 bits per heavy atom. The van der Waals surface area contributed by atoms with Crippen molar-refractivity contribution >= 4 is 0 Å². The number of hydrogen-bond acceptors (Lipinski definition) is 2. The lowest BCUT2D eigenvalue weighted by molar-refractivity contribution is 0.431. The summed E-state index contributed by atoms with van der Waals surface area (Å²) in [5.74, 6) is -1.32.